The van der Waals surface area contributed by atoms with Gasteiger partial charge in [-0.15, -0.1) is 0 Å². The van der Waals surface area contributed by atoms with Gasteiger partial charge >= 0.3 is 5.97 Å². The van der Waals surface area contributed by atoms with Gasteiger partial charge in [-0.2, -0.15) is 0 Å². The summed E-state index contributed by atoms with van der Waals surface area (Å²) in [7, 11) is 0. The number of carboxylic acids is 1. The standard InChI is InChI=1S/C61H112N2O21/c1-4-6-8-10-12-14-16-17-18-19-20-21-22-23-25-27-29-31-33-35-48(71)63-42(43(68)34-32-30-28-26-24-15-13-11-9-7-5-2)40-79-58-53(75)52(74)55(47(39-66)81-58)82-59-54(76)57(51(73)46(38-65)80-59)84-61(60(77)78)36-44(69)49(62-41(3)67)56(83-61)50(72)45(70)37-64/h19-20,42-47,49-59,64-66,68-70,72-76H,4-18,21-40H2,1-3H3,(H,62,67)(H,63,71)(H,77,78)/b20-19-. The lowest BCUT2D eigenvalue weighted by Crippen LogP contribution is -2.70. The zero-order valence-corrected chi connectivity index (χ0v) is 50.8. The molecule has 0 aromatic carbocycles. The second-order valence-corrected chi connectivity index (χ2v) is 23.6. The minimum atomic E-state index is -3.08. The van der Waals surface area contributed by atoms with Crippen LogP contribution in [0.15, 0.2) is 12.2 Å². The fourth-order valence-electron chi connectivity index (χ4n) is 11.3. The number of amides is 2. The smallest absolute Gasteiger partial charge is 0.364 e. The number of aliphatic hydroxyl groups is 11. The molecule has 3 heterocycles. The van der Waals surface area contributed by atoms with E-state index in [1.807, 2.05) is 0 Å². The van der Waals surface area contributed by atoms with Crippen molar-refractivity contribution in [3.05, 3.63) is 12.2 Å². The Bertz CT molecular complexity index is 1770. The largest absolute Gasteiger partial charge is 0.477 e. The summed E-state index contributed by atoms with van der Waals surface area (Å²) in [6.45, 7) is 2.16. The van der Waals surface area contributed by atoms with Crippen LogP contribution in [0.3, 0.4) is 0 Å². The van der Waals surface area contributed by atoms with Gasteiger partial charge in [0.05, 0.1) is 50.7 Å². The maximum atomic E-state index is 13.4. The van der Waals surface area contributed by atoms with Gasteiger partial charge in [0.15, 0.2) is 12.6 Å². The zero-order chi connectivity index (χ0) is 61.9. The van der Waals surface area contributed by atoms with E-state index >= 15 is 0 Å². The van der Waals surface area contributed by atoms with Crippen molar-refractivity contribution in [2.24, 2.45) is 0 Å². The Morgan fingerprint density at radius 1 is 0.607 bits per heavy atom. The van der Waals surface area contributed by atoms with E-state index in [0.717, 1.165) is 84.0 Å². The van der Waals surface area contributed by atoms with Crippen LogP contribution in [0.2, 0.25) is 0 Å². The third-order valence-corrected chi connectivity index (χ3v) is 16.5. The Morgan fingerprint density at radius 2 is 1.11 bits per heavy atom. The van der Waals surface area contributed by atoms with Crippen molar-refractivity contribution in [3.8, 4) is 0 Å². The number of aliphatic hydroxyl groups excluding tert-OH is 11. The monoisotopic (exact) mass is 1210 g/mol. The van der Waals surface area contributed by atoms with Crippen LogP contribution in [0.1, 0.15) is 220 Å². The van der Waals surface area contributed by atoms with E-state index in [2.05, 4.69) is 36.6 Å². The van der Waals surface area contributed by atoms with E-state index in [1.165, 1.54) is 89.9 Å². The maximum absolute atomic E-state index is 13.4. The van der Waals surface area contributed by atoms with Crippen LogP contribution >= 0.6 is 0 Å². The molecule has 0 aliphatic carbocycles. The Balaban J connectivity index is 1.62. The molecule has 14 N–H and O–H groups in total. The Labute approximate surface area is 499 Å². The van der Waals surface area contributed by atoms with Crippen LogP contribution in [0, 0.1) is 0 Å². The Hall–Kier alpha value is -2.53. The molecule has 3 aliphatic heterocycles. The number of rotatable bonds is 47. The number of hydrogen-bond acceptors (Lipinski definition) is 20. The first-order valence-corrected chi connectivity index (χ1v) is 32.0. The molecular formula is C61H112N2O21. The van der Waals surface area contributed by atoms with E-state index < -0.39 is 148 Å². The summed E-state index contributed by atoms with van der Waals surface area (Å²) in [5.74, 6) is -6.11. The summed E-state index contributed by atoms with van der Waals surface area (Å²) in [5, 5.41) is 136. The van der Waals surface area contributed by atoms with Gasteiger partial charge in [-0.1, -0.05) is 174 Å². The molecule has 18 unspecified atom stereocenters. The molecule has 84 heavy (non-hydrogen) atoms. The van der Waals surface area contributed by atoms with Gasteiger partial charge in [-0.3, -0.25) is 9.59 Å². The summed E-state index contributed by atoms with van der Waals surface area (Å²) in [5.41, 5.74) is 0. The van der Waals surface area contributed by atoms with Crippen molar-refractivity contribution in [1.82, 2.24) is 10.6 Å². The molecule has 3 aliphatic rings. The molecule has 492 valence electrons. The van der Waals surface area contributed by atoms with E-state index in [1.54, 1.807) is 0 Å². The van der Waals surface area contributed by atoms with E-state index in [4.69, 9.17) is 28.4 Å². The van der Waals surface area contributed by atoms with Gasteiger partial charge in [0.1, 0.15) is 67.1 Å². The second-order valence-electron chi connectivity index (χ2n) is 23.6. The van der Waals surface area contributed by atoms with Crippen LogP contribution in [0.25, 0.3) is 0 Å². The van der Waals surface area contributed by atoms with Crippen LogP contribution in [-0.2, 0) is 42.8 Å². The predicted molar refractivity (Wildman–Crippen MR) is 311 cm³/mol. The predicted octanol–water partition coefficient (Wildman–Crippen LogP) is 3.95. The highest BCUT2D eigenvalue weighted by atomic mass is 16.8. The number of ether oxygens (including phenoxy) is 6. The van der Waals surface area contributed by atoms with Crippen molar-refractivity contribution in [3.63, 3.8) is 0 Å². The normalized spacial score (nSPS) is 29.8. The van der Waals surface area contributed by atoms with Crippen molar-refractivity contribution in [1.29, 1.82) is 0 Å². The van der Waals surface area contributed by atoms with Gasteiger partial charge in [-0.25, -0.2) is 4.79 Å². The minimum absolute atomic E-state index is 0.219. The molecule has 18 atom stereocenters. The van der Waals surface area contributed by atoms with Gasteiger partial charge in [0.25, 0.3) is 5.79 Å². The molecule has 3 rings (SSSR count). The van der Waals surface area contributed by atoms with E-state index in [9.17, 15) is 75.7 Å². The molecule has 23 heteroatoms. The molecule has 3 saturated heterocycles. The van der Waals surface area contributed by atoms with Gasteiger partial charge in [0.2, 0.25) is 11.8 Å². The lowest BCUT2D eigenvalue weighted by Gasteiger charge is -2.50. The quantitative estimate of drug-likeness (QED) is 0.0303. The fourth-order valence-corrected chi connectivity index (χ4v) is 11.3. The summed E-state index contributed by atoms with van der Waals surface area (Å²) in [6.07, 6.45) is 8.09. The van der Waals surface area contributed by atoms with Crippen molar-refractivity contribution >= 4 is 17.8 Å². The number of hydrogen-bond donors (Lipinski definition) is 14. The van der Waals surface area contributed by atoms with E-state index in [0.29, 0.717) is 19.3 Å². The topological polar surface area (TPSA) is 373 Å². The zero-order valence-electron chi connectivity index (χ0n) is 50.8. The van der Waals surface area contributed by atoms with Crippen molar-refractivity contribution < 1.29 is 104 Å². The molecule has 0 radical (unpaired) electrons. The summed E-state index contributed by atoms with van der Waals surface area (Å²) >= 11 is 0. The molecule has 0 aromatic rings. The molecule has 0 spiro atoms. The number of carbonyl (C=O) groups excluding carboxylic acids is 2. The first-order valence-electron chi connectivity index (χ1n) is 32.0. The van der Waals surface area contributed by atoms with Crippen LogP contribution in [0.5, 0.6) is 0 Å². The Morgan fingerprint density at radius 3 is 1.61 bits per heavy atom. The molecule has 0 saturated carbocycles. The summed E-state index contributed by atoms with van der Waals surface area (Å²) < 4.78 is 34.7. The van der Waals surface area contributed by atoms with Crippen LogP contribution < -0.4 is 10.6 Å². The van der Waals surface area contributed by atoms with Crippen molar-refractivity contribution in [2.75, 3.05) is 26.4 Å². The van der Waals surface area contributed by atoms with Crippen LogP contribution in [0.4, 0.5) is 0 Å². The van der Waals surface area contributed by atoms with Gasteiger partial charge in [0, 0.05) is 19.8 Å². The molecule has 3 fully saturated rings. The molecule has 2 amide bonds. The lowest BCUT2D eigenvalue weighted by molar-refractivity contribution is -0.386. The third kappa shape index (κ3) is 26.7. The average molecular weight is 1210 g/mol. The third-order valence-electron chi connectivity index (χ3n) is 16.5. The highest BCUT2D eigenvalue weighted by Gasteiger charge is 2.60. The average Bonchev–Trinajstić information content (AvgIpc) is 2.70. The lowest BCUT2D eigenvalue weighted by atomic mass is 9.88. The highest BCUT2D eigenvalue weighted by Crippen LogP contribution is 2.38. The number of carboxylic acid groups (broad SMARTS) is 1. The second kappa shape index (κ2) is 43.2. The summed E-state index contributed by atoms with van der Waals surface area (Å²) in [6, 6.07) is -2.53. The maximum Gasteiger partial charge on any atom is 0.364 e. The number of nitrogens with one attached hydrogen (secondary N) is 2. The number of carbonyl (C=O) groups is 3. The van der Waals surface area contributed by atoms with Gasteiger partial charge < -0.3 is 100 Å². The first-order chi connectivity index (χ1) is 40.4. The van der Waals surface area contributed by atoms with Crippen LogP contribution in [-0.4, -0.2) is 215 Å². The molecule has 0 aromatic heterocycles. The minimum Gasteiger partial charge on any atom is -0.477 e. The van der Waals surface area contributed by atoms with Crippen molar-refractivity contribution in [2.45, 2.75) is 330 Å². The highest BCUT2D eigenvalue weighted by molar-refractivity contribution is 5.77. The molecule has 0 bridgehead atoms. The molecule has 23 nitrogen and oxygen atoms in total. The first kappa shape index (κ1) is 75.7. The number of unbranched alkanes of at least 4 members (excludes halogenated alkanes) is 25. The van der Waals surface area contributed by atoms with E-state index in [-0.39, 0.29) is 18.9 Å². The summed E-state index contributed by atoms with van der Waals surface area (Å²) in [4.78, 5) is 38.4. The number of aliphatic carboxylic acids is 1. The Kier molecular flexibility index (Phi) is 38.9. The fraction of sp³-hybridized carbons (Fsp3) is 0.918. The SMILES string of the molecule is CCCCCCCCCC/C=C\CCCCCCCCCC(=O)NC(COC1OC(CO)C(OC2OC(CO)C(O)C(OC3(C(=O)O)CC(O)C(NC(C)=O)C(C(O)C(O)CO)O3)C2O)C(O)C1O)C(O)CCCCCCCCCCCCC. The van der Waals surface area contributed by atoms with Gasteiger partial charge in [-0.05, 0) is 38.5 Å². The number of allylic oxidation sites excluding steroid dienone is 2. The molecular weight excluding hydrogens is 1100 g/mol.